The molecule has 0 aliphatic heterocycles. The van der Waals surface area contributed by atoms with E-state index in [9.17, 15) is 0 Å². The first-order valence-electron chi connectivity index (χ1n) is 4.39. The zero-order chi connectivity index (χ0) is 11.4. The molecule has 0 fully saturated rings. The van der Waals surface area contributed by atoms with Crippen molar-refractivity contribution < 1.29 is 42.1 Å². The summed E-state index contributed by atoms with van der Waals surface area (Å²) in [5, 5.41) is 32.1. The molecule has 0 rings (SSSR count). The van der Waals surface area contributed by atoms with Gasteiger partial charge in [0.2, 0.25) is 0 Å². The zero-order valence-electron chi connectivity index (χ0n) is 9.73. The summed E-state index contributed by atoms with van der Waals surface area (Å²) in [5.74, 6) is 0. The number of rotatable bonds is 1. The SMILES string of the molecule is CC(C)O.CC(C)O.CC(O)CO.[Ti]. The minimum Gasteiger partial charge on any atom is -0.394 e. The second-order valence-corrected chi connectivity index (χ2v) is 3.22. The molecule has 0 aliphatic carbocycles. The third-order valence-corrected chi connectivity index (χ3v) is 0.264. The molecule has 1 atom stereocenters. The number of aliphatic hydroxyl groups is 4. The van der Waals surface area contributed by atoms with Crippen LogP contribution in [0.4, 0.5) is 0 Å². The maximum Gasteiger partial charge on any atom is 0.0742 e. The molecule has 0 bridgehead atoms. The van der Waals surface area contributed by atoms with Crippen molar-refractivity contribution in [2.75, 3.05) is 6.61 Å². The summed E-state index contributed by atoms with van der Waals surface area (Å²) in [5.41, 5.74) is 0. The summed E-state index contributed by atoms with van der Waals surface area (Å²) in [6.07, 6.45) is -0.894. The predicted molar refractivity (Wildman–Crippen MR) is 53.5 cm³/mol. The van der Waals surface area contributed by atoms with Gasteiger partial charge in [-0.1, -0.05) is 0 Å². The molecule has 0 saturated carbocycles. The largest absolute Gasteiger partial charge is 0.394 e. The van der Waals surface area contributed by atoms with Crippen LogP contribution < -0.4 is 0 Å². The molecule has 4 N–H and O–H groups in total. The maximum absolute atomic E-state index is 8.11. The van der Waals surface area contributed by atoms with E-state index >= 15 is 0 Å². The number of aliphatic hydroxyl groups excluding tert-OH is 4. The Morgan fingerprint density at radius 2 is 0.857 bits per heavy atom. The molecule has 4 nitrogen and oxygen atoms in total. The first kappa shape index (κ1) is 24.0. The Morgan fingerprint density at radius 3 is 0.857 bits per heavy atom. The molecule has 0 spiro atoms. The van der Waals surface area contributed by atoms with Crippen LogP contribution in [0.25, 0.3) is 0 Å². The Labute approximate surface area is 102 Å². The van der Waals surface area contributed by atoms with E-state index < -0.39 is 6.10 Å². The Hall–Kier alpha value is 0.554. The standard InChI is InChI=1S/C3H8O2.2C3H8O.Ti/c1-3(5)2-4;2*1-3(2)4;/h3-5H,2H2,1H3;2*3-4H,1-2H3;. The van der Waals surface area contributed by atoms with Crippen LogP contribution in [0.5, 0.6) is 0 Å². The molecule has 0 radical (unpaired) electrons. The van der Waals surface area contributed by atoms with Crippen molar-refractivity contribution >= 4 is 0 Å². The molecule has 0 heterocycles. The summed E-state index contributed by atoms with van der Waals surface area (Å²) < 4.78 is 0. The number of hydrogen-bond acceptors (Lipinski definition) is 4. The average Bonchev–Trinajstić information content (AvgIpc) is 1.84. The van der Waals surface area contributed by atoms with E-state index in [1.165, 1.54) is 6.92 Å². The molecule has 0 aromatic rings. The Morgan fingerprint density at radius 1 is 0.786 bits per heavy atom. The van der Waals surface area contributed by atoms with Gasteiger partial charge >= 0.3 is 0 Å². The van der Waals surface area contributed by atoms with E-state index in [1.54, 1.807) is 27.7 Å². The second-order valence-electron chi connectivity index (χ2n) is 3.22. The van der Waals surface area contributed by atoms with Gasteiger partial charge in [-0.2, -0.15) is 0 Å². The van der Waals surface area contributed by atoms with Gasteiger partial charge in [0.1, 0.15) is 0 Å². The van der Waals surface area contributed by atoms with Crippen LogP contribution in [-0.2, 0) is 21.7 Å². The molecule has 1 unspecified atom stereocenters. The molecule has 0 amide bonds. The van der Waals surface area contributed by atoms with E-state index in [4.69, 9.17) is 20.4 Å². The number of hydrogen-bond donors (Lipinski definition) is 4. The third-order valence-electron chi connectivity index (χ3n) is 0.264. The molecule has 88 valence electrons. The fraction of sp³-hybridized carbons (Fsp3) is 1.00. The minimum atomic E-state index is -0.560. The third kappa shape index (κ3) is 257. The molecule has 0 aromatic heterocycles. The molecule has 0 saturated heterocycles. The summed E-state index contributed by atoms with van der Waals surface area (Å²) in [6, 6.07) is 0. The molecule has 5 heteroatoms. The van der Waals surface area contributed by atoms with Gasteiger partial charge < -0.3 is 20.4 Å². The van der Waals surface area contributed by atoms with Crippen molar-refractivity contribution in [2.24, 2.45) is 0 Å². The van der Waals surface area contributed by atoms with Gasteiger partial charge in [0.25, 0.3) is 0 Å². The maximum atomic E-state index is 8.11. The van der Waals surface area contributed by atoms with E-state index in [0.29, 0.717) is 0 Å². The summed E-state index contributed by atoms with van der Waals surface area (Å²) in [6.45, 7) is 8.28. The molecular weight excluding hydrogens is 220 g/mol. The summed E-state index contributed by atoms with van der Waals surface area (Å²) >= 11 is 0. The van der Waals surface area contributed by atoms with Crippen molar-refractivity contribution in [3.8, 4) is 0 Å². The van der Waals surface area contributed by atoms with Crippen LogP contribution in [-0.4, -0.2) is 45.3 Å². The fourth-order valence-electron chi connectivity index (χ4n) is 0. The first-order chi connectivity index (χ1) is 5.73. The van der Waals surface area contributed by atoms with Crippen molar-refractivity contribution in [1.82, 2.24) is 0 Å². The van der Waals surface area contributed by atoms with Gasteiger partial charge in [-0.15, -0.1) is 0 Å². The van der Waals surface area contributed by atoms with Crippen LogP contribution >= 0.6 is 0 Å². The van der Waals surface area contributed by atoms with Crippen LogP contribution in [0.15, 0.2) is 0 Å². The van der Waals surface area contributed by atoms with Gasteiger partial charge in [0, 0.05) is 33.9 Å². The first-order valence-corrected chi connectivity index (χ1v) is 4.39. The normalized spacial score (nSPS) is 10.5. The van der Waals surface area contributed by atoms with Gasteiger partial charge in [0.15, 0.2) is 0 Å². The topological polar surface area (TPSA) is 80.9 Å². The van der Waals surface area contributed by atoms with Crippen molar-refractivity contribution in [3.63, 3.8) is 0 Å². The molecule has 0 aromatic carbocycles. The molecular formula is C9H24O4Ti. The summed E-state index contributed by atoms with van der Waals surface area (Å²) in [7, 11) is 0. The molecule has 0 aliphatic rings. The van der Waals surface area contributed by atoms with E-state index in [2.05, 4.69) is 0 Å². The quantitative estimate of drug-likeness (QED) is 0.494. The molecule has 14 heavy (non-hydrogen) atoms. The van der Waals surface area contributed by atoms with Gasteiger partial charge in [-0.25, -0.2) is 0 Å². The summed E-state index contributed by atoms with van der Waals surface area (Å²) in [4.78, 5) is 0. The smallest absolute Gasteiger partial charge is 0.0742 e. The van der Waals surface area contributed by atoms with Gasteiger partial charge in [0.05, 0.1) is 12.7 Å². The van der Waals surface area contributed by atoms with E-state index in [1.807, 2.05) is 0 Å². The Balaban J connectivity index is -0.0000000522. The van der Waals surface area contributed by atoms with Crippen LogP contribution in [0.2, 0.25) is 0 Å². The minimum absolute atomic E-state index is 0. The van der Waals surface area contributed by atoms with Crippen molar-refractivity contribution in [2.45, 2.75) is 52.9 Å². The second kappa shape index (κ2) is 19.2. The van der Waals surface area contributed by atoms with Crippen LogP contribution in [0.1, 0.15) is 34.6 Å². The van der Waals surface area contributed by atoms with E-state index in [-0.39, 0.29) is 40.5 Å². The Kier molecular flexibility index (Phi) is 32.9. The predicted octanol–water partition coefficient (Wildman–Crippen LogP) is 0.131. The monoisotopic (exact) mass is 244 g/mol. The van der Waals surface area contributed by atoms with Crippen LogP contribution in [0, 0.1) is 0 Å². The fourth-order valence-corrected chi connectivity index (χ4v) is 0. The van der Waals surface area contributed by atoms with E-state index in [0.717, 1.165) is 0 Å². The van der Waals surface area contributed by atoms with Gasteiger partial charge in [-0.3, -0.25) is 0 Å². The van der Waals surface area contributed by atoms with Crippen molar-refractivity contribution in [3.05, 3.63) is 0 Å². The van der Waals surface area contributed by atoms with Crippen LogP contribution in [0.3, 0.4) is 0 Å². The Bertz CT molecular complexity index is 65.7. The van der Waals surface area contributed by atoms with Crippen molar-refractivity contribution in [1.29, 1.82) is 0 Å². The average molecular weight is 244 g/mol. The zero-order valence-corrected chi connectivity index (χ0v) is 11.3. The van der Waals surface area contributed by atoms with Gasteiger partial charge in [-0.05, 0) is 34.6 Å².